The van der Waals surface area contributed by atoms with Gasteiger partial charge in [0.2, 0.25) is 0 Å². The lowest BCUT2D eigenvalue weighted by atomic mass is 10.1. The minimum atomic E-state index is -0.528. The second-order valence-corrected chi connectivity index (χ2v) is 9.63. The van der Waals surface area contributed by atoms with Crippen LogP contribution >= 0.6 is 0 Å². The van der Waals surface area contributed by atoms with Crippen LogP contribution in [0.15, 0.2) is 30.5 Å². The fourth-order valence-electron chi connectivity index (χ4n) is 4.09. The molecule has 0 bridgehead atoms. The molecule has 184 valence electrons. The third-order valence-corrected chi connectivity index (χ3v) is 5.76. The molecular formula is C23H31N5O6. The number of ether oxygens (including phenoxy) is 3. The molecule has 11 heteroatoms. The van der Waals surface area contributed by atoms with Crippen LogP contribution in [-0.2, 0) is 11.3 Å². The molecule has 1 amide bonds. The van der Waals surface area contributed by atoms with E-state index in [-0.39, 0.29) is 30.1 Å². The largest absolute Gasteiger partial charge is 0.490 e. The minimum absolute atomic E-state index is 0.150. The van der Waals surface area contributed by atoms with E-state index in [4.69, 9.17) is 14.2 Å². The third-order valence-electron chi connectivity index (χ3n) is 5.76. The molecule has 0 radical (unpaired) electrons. The Morgan fingerprint density at radius 3 is 2.62 bits per heavy atom. The van der Waals surface area contributed by atoms with Gasteiger partial charge in [0.25, 0.3) is 0 Å². The summed E-state index contributed by atoms with van der Waals surface area (Å²) in [6.07, 6.45) is 1.57. The lowest BCUT2D eigenvalue weighted by molar-refractivity contribution is -0.389. The quantitative estimate of drug-likeness (QED) is 0.479. The second kappa shape index (κ2) is 9.40. The number of amides is 1. The number of hydrogen-bond acceptors (Lipinski definition) is 8. The first-order chi connectivity index (χ1) is 16.1. The van der Waals surface area contributed by atoms with Crippen LogP contribution in [0.5, 0.6) is 11.8 Å². The van der Waals surface area contributed by atoms with Crippen LogP contribution in [0.2, 0.25) is 0 Å². The Balaban J connectivity index is 1.28. The number of hydrogen-bond donors (Lipinski definition) is 0. The van der Waals surface area contributed by atoms with Crippen LogP contribution in [0.1, 0.15) is 34.1 Å². The normalized spacial score (nSPS) is 20.4. The fraction of sp³-hybridized carbons (Fsp3) is 0.565. The van der Waals surface area contributed by atoms with Crippen LogP contribution < -0.4 is 14.4 Å². The number of piperazine rings is 1. The Morgan fingerprint density at radius 1 is 1.24 bits per heavy atom. The first-order valence-electron chi connectivity index (χ1n) is 11.4. The maximum Gasteiger partial charge on any atom is 0.414 e. The predicted molar refractivity (Wildman–Crippen MR) is 124 cm³/mol. The topological polar surface area (TPSA) is 112 Å². The standard InChI is InChI=1S/C23H31N5O6/c1-16-13-26(22(29)34-23(2,3)4)11-12-27(16)17-5-7-18(8-6-17)32-15-19-9-10-25-14-20(28(30)31)24-21(25)33-19/h5-8,14,16,19H,9-13,15H2,1-4H3/t16-,19+/m1/s1. The third kappa shape index (κ3) is 5.52. The number of anilines is 1. The monoisotopic (exact) mass is 473 g/mol. The number of imidazole rings is 1. The number of carbonyl (C=O) groups excluding carboxylic acids is 1. The maximum atomic E-state index is 12.4. The lowest BCUT2D eigenvalue weighted by Gasteiger charge is -2.41. The Labute approximate surface area is 198 Å². The summed E-state index contributed by atoms with van der Waals surface area (Å²) in [7, 11) is 0. The molecule has 2 atom stereocenters. The van der Waals surface area contributed by atoms with Gasteiger partial charge in [0.15, 0.2) is 0 Å². The number of rotatable bonds is 5. The summed E-state index contributed by atoms with van der Waals surface area (Å²) in [6, 6.07) is 8.24. The van der Waals surface area contributed by atoms with Crippen LogP contribution in [-0.4, -0.2) is 69.5 Å². The number of benzene rings is 1. The Morgan fingerprint density at radius 2 is 1.97 bits per heavy atom. The molecule has 4 rings (SSSR count). The molecule has 11 nitrogen and oxygen atoms in total. The van der Waals surface area contributed by atoms with E-state index >= 15 is 0 Å². The summed E-state index contributed by atoms with van der Waals surface area (Å²) in [4.78, 5) is 30.7. The molecule has 2 aromatic rings. The highest BCUT2D eigenvalue weighted by molar-refractivity contribution is 5.69. The number of aromatic nitrogens is 2. The first kappa shape index (κ1) is 23.7. The van der Waals surface area contributed by atoms with Crippen LogP contribution in [0.25, 0.3) is 0 Å². The molecule has 3 heterocycles. The predicted octanol–water partition coefficient (Wildman–Crippen LogP) is 3.47. The molecule has 0 unspecified atom stereocenters. The Hall–Kier alpha value is -3.50. The second-order valence-electron chi connectivity index (χ2n) is 9.63. The van der Waals surface area contributed by atoms with Crippen molar-refractivity contribution < 1.29 is 23.9 Å². The zero-order valence-electron chi connectivity index (χ0n) is 20.0. The molecule has 1 aromatic carbocycles. The molecule has 0 saturated carbocycles. The summed E-state index contributed by atoms with van der Waals surface area (Å²) in [5.74, 6) is 0.501. The number of carbonyl (C=O) groups is 1. The highest BCUT2D eigenvalue weighted by Gasteiger charge is 2.30. The van der Waals surface area contributed by atoms with Crippen molar-refractivity contribution in [3.8, 4) is 11.8 Å². The van der Waals surface area contributed by atoms with Crippen LogP contribution in [0, 0.1) is 10.1 Å². The Bertz CT molecular complexity index is 1030. The fourth-order valence-corrected chi connectivity index (χ4v) is 4.09. The Kier molecular flexibility index (Phi) is 6.54. The lowest BCUT2D eigenvalue weighted by Crippen LogP contribution is -2.54. The van der Waals surface area contributed by atoms with E-state index in [0.717, 1.165) is 12.2 Å². The van der Waals surface area contributed by atoms with Gasteiger partial charge in [0.05, 0.1) is 0 Å². The van der Waals surface area contributed by atoms with E-state index in [1.807, 2.05) is 45.0 Å². The van der Waals surface area contributed by atoms with Crippen molar-refractivity contribution in [1.82, 2.24) is 14.5 Å². The molecule has 1 aromatic heterocycles. The van der Waals surface area contributed by atoms with E-state index in [2.05, 4.69) is 16.8 Å². The number of fused-ring (bicyclic) bond motifs is 1. The number of nitrogens with zero attached hydrogens (tertiary/aromatic N) is 5. The van der Waals surface area contributed by atoms with Crippen molar-refractivity contribution in [3.63, 3.8) is 0 Å². The van der Waals surface area contributed by atoms with Crippen molar-refractivity contribution in [2.45, 2.75) is 58.4 Å². The van der Waals surface area contributed by atoms with Crippen molar-refractivity contribution in [3.05, 3.63) is 40.6 Å². The van der Waals surface area contributed by atoms with Crippen molar-refractivity contribution in [2.24, 2.45) is 0 Å². The highest BCUT2D eigenvalue weighted by Crippen LogP contribution is 2.27. The first-order valence-corrected chi connectivity index (χ1v) is 11.4. The smallest absolute Gasteiger partial charge is 0.414 e. The molecule has 2 aliphatic heterocycles. The summed E-state index contributed by atoms with van der Waals surface area (Å²) >= 11 is 0. The molecule has 1 fully saturated rings. The average Bonchev–Trinajstić information content (AvgIpc) is 3.21. The molecule has 0 N–H and O–H groups in total. The van der Waals surface area contributed by atoms with Gasteiger partial charge in [-0.1, -0.05) is 0 Å². The minimum Gasteiger partial charge on any atom is -0.490 e. The van der Waals surface area contributed by atoms with Gasteiger partial charge in [-0.3, -0.25) is 4.57 Å². The summed E-state index contributed by atoms with van der Waals surface area (Å²) in [5, 5.41) is 10.9. The van der Waals surface area contributed by atoms with Crippen molar-refractivity contribution in [1.29, 1.82) is 0 Å². The van der Waals surface area contributed by atoms with Gasteiger partial charge in [0.1, 0.15) is 30.3 Å². The SMILES string of the molecule is C[C@@H]1CN(C(=O)OC(C)(C)C)CCN1c1ccc(OC[C@@H]2CCn3cc([N+](=O)[O-])nc3O2)cc1. The molecule has 0 spiro atoms. The average molecular weight is 474 g/mol. The van der Waals surface area contributed by atoms with Gasteiger partial charge < -0.3 is 34.1 Å². The summed E-state index contributed by atoms with van der Waals surface area (Å²) in [6.45, 7) is 10.5. The number of aryl methyl sites for hydroxylation is 1. The van der Waals surface area contributed by atoms with E-state index in [1.165, 1.54) is 6.20 Å². The van der Waals surface area contributed by atoms with E-state index in [9.17, 15) is 14.9 Å². The zero-order chi connectivity index (χ0) is 24.5. The van der Waals surface area contributed by atoms with Gasteiger partial charge >= 0.3 is 17.9 Å². The van der Waals surface area contributed by atoms with Crippen molar-refractivity contribution >= 4 is 17.6 Å². The zero-order valence-corrected chi connectivity index (χ0v) is 20.0. The molecule has 2 aliphatic rings. The van der Waals surface area contributed by atoms with Gasteiger partial charge in [-0.2, -0.15) is 0 Å². The molecular weight excluding hydrogens is 442 g/mol. The van der Waals surface area contributed by atoms with E-state index < -0.39 is 10.5 Å². The van der Waals surface area contributed by atoms with Gasteiger partial charge in [-0.05, 0) is 56.9 Å². The molecule has 1 saturated heterocycles. The van der Waals surface area contributed by atoms with Gasteiger partial charge in [-0.25, -0.2) is 4.79 Å². The van der Waals surface area contributed by atoms with Gasteiger partial charge in [-0.15, -0.1) is 0 Å². The molecule has 34 heavy (non-hydrogen) atoms. The van der Waals surface area contributed by atoms with Crippen molar-refractivity contribution in [2.75, 3.05) is 31.1 Å². The number of nitro groups is 1. The van der Waals surface area contributed by atoms with Gasteiger partial charge in [0, 0.05) is 49.3 Å². The van der Waals surface area contributed by atoms with E-state index in [1.54, 1.807) is 9.47 Å². The summed E-state index contributed by atoms with van der Waals surface area (Å²) in [5.41, 5.74) is 0.557. The van der Waals surface area contributed by atoms with Crippen LogP contribution in [0.3, 0.4) is 0 Å². The van der Waals surface area contributed by atoms with E-state index in [0.29, 0.717) is 38.4 Å². The summed E-state index contributed by atoms with van der Waals surface area (Å²) < 4.78 is 18.8. The highest BCUT2D eigenvalue weighted by atomic mass is 16.6. The maximum absolute atomic E-state index is 12.4. The van der Waals surface area contributed by atoms with Crippen LogP contribution in [0.4, 0.5) is 16.3 Å². The molecule has 0 aliphatic carbocycles.